The van der Waals surface area contributed by atoms with Gasteiger partial charge >= 0.3 is 5.69 Å². The second-order valence-corrected chi connectivity index (χ2v) is 4.71. The second kappa shape index (κ2) is 4.41. The molecule has 7 nitrogen and oxygen atoms in total. The topological polar surface area (TPSA) is 108 Å². The summed E-state index contributed by atoms with van der Waals surface area (Å²) in [7, 11) is 0. The molecule has 0 aliphatic heterocycles. The molecule has 0 saturated heterocycles. The van der Waals surface area contributed by atoms with E-state index in [1.54, 1.807) is 11.6 Å². The Morgan fingerprint density at radius 1 is 1.50 bits per heavy atom. The molecule has 0 radical (unpaired) electrons. The Morgan fingerprint density at radius 3 is 2.94 bits per heavy atom. The monoisotopic (exact) mass is 255 g/mol. The summed E-state index contributed by atoms with van der Waals surface area (Å²) in [4.78, 5) is 21.6. The quantitative estimate of drug-likeness (QED) is 0.503. The lowest BCUT2D eigenvalue weighted by Gasteiger charge is -1.99. The third kappa shape index (κ3) is 2.25. The van der Waals surface area contributed by atoms with Crippen molar-refractivity contribution in [3.63, 3.8) is 0 Å². The molecule has 2 aromatic rings. The van der Waals surface area contributed by atoms with E-state index >= 15 is 0 Å². The van der Waals surface area contributed by atoms with Crippen molar-refractivity contribution in [1.82, 2.24) is 15.0 Å². The van der Waals surface area contributed by atoms with Crippen LogP contribution < -0.4 is 5.73 Å². The molecule has 2 N–H and O–H groups in total. The molecule has 2 heterocycles. The van der Waals surface area contributed by atoms with Gasteiger partial charge in [-0.2, -0.15) is 4.98 Å². The fraction of sp³-hybridized carbons (Fsp3) is 0. The van der Waals surface area contributed by atoms with E-state index in [0.717, 1.165) is 18.0 Å². The summed E-state index contributed by atoms with van der Waals surface area (Å²) in [5.74, 6) is 0.00431. The summed E-state index contributed by atoms with van der Waals surface area (Å²) < 4.78 is 0.668. The van der Waals surface area contributed by atoms with Gasteiger partial charge in [0.2, 0.25) is 5.95 Å². The van der Waals surface area contributed by atoms with Crippen LogP contribution in [0.15, 0.2) is 27.1 Å². The molecular weight excluding hydrogens is 250 g/mol. The van der Waals surface area contributed by atoms with Gasteiger partial charge in [-0.15, -0.1) is 11.3 Å². The van der Waals surface area contributed by atoms with Crippen LogP contribution in [0, 0.1) is 10.1 Å². The summed E-state index contributed by atoms with van der Waals surface area (Å²) in [5, 5.41) is 12.7. The zero-order valence-corrected chi connectivity index (χ0v) is 9.36. The van der Waals surface area contributed by atoms with Crippen LogP contribution in [0.4, 0.5) is 11.6 Å². The summed E-state index contributed by atoms with van der Waals surface area (Å²) in [6, 6.07) is 0. The first-order chi connectivity index (χ1) is 7.66. The van der Waals surface area contributed by atoms with Gasteiger partial charge in [-0.05, 0) is 11.8 Å². The van der Waals surface area contributed by atoms with E-state index < -0.39 is 4.92 Å². The minimum atomic E-state index is -0.546. The molecule has 2 aromatic heterocycles. The number of hydrogen-bond acceptors (Lipinski definition) is 8. The minimum Gasteiger partial charge on any atom is -0.368 e. The molecule has 0 atom stereocenters. The van der Waals surface area contributed by atoms with Crippen LogP contribution in [-0.4, -0.2) is 19.9 Å². The first-order valence-electron chi connectivity index (χ1n) is 4.01. The van der Waals surface area contributed by atoms with Crippen LogP contribution in [0.1, 0.15) is 0 Å². The van der Waals surface area contributed by atoms with Gasteiger partial charge in [0.1, 0.15) is 6.20 Å². The van der Waals surface area contributed by atoms with E-state index in [4.69, 9.17) is 5.73 Å². The highest BCUT2D eigenvalue weighted by Gasteiger charge is 2.18. The van der Waals surface area contributed by atoms with Crippen LogP contribution in [-0.2, 0) is 0 Å². The normalized spacial score (nSPS) is 10.2. The van der Waals surface area contributed by atoms with Gasteiger partial charge in [-0.25, -0.2) is 9.97 Å². The minimum absolute atomic E-state index is 0.00431. The molecule has 0 amide bonds. The molecule has 9 heteroatoms. The lowest BCUT2D eigenvalue weighted by atomic mass is 10.5. The Morgan fingerprint density at radius 2 is 2.31 bits per heavy atom. The van der Waals surface area contributed by atoms with Gasteiger partial charge in [0, 0.05) is 11.6 Å². The van der Waals surface area contributed by atoms with E-state index in [2.05, 4.69) is 15.0 Å². The van der Waals surface area contributed by atoms with Crippen LogP contribution in [0.3, 0.4) is 0 Å². The molecule has 82 valence electrons. The van der Waals surface area contributed by atoms with E-state index in [-0.39, 0.29) is 16.7 Å². The maximum absolute atomic E-state index is 10.7. The lowest BCUT2D eigenvalue weighted by molar-refractivity contribution is -0.388. The maximum atomic E-state index is 10.7. The number of aromatic nitrogens is 3. The fourth-order valence-electron chi connectivity index (χ4n) is 0.916. The smallest absolute Gasteiger partial charge is 0.320 e. The van der Waals surface area contributed by atoms with Crippen molar-refractivity contribution in [3.05, 3.63) is 27.9 Å². The van der Waals surface area contributed by atoms with Crippen LogP contribution in [0.2, 0.25) is 0 Å². The highest BCUT2D eigenvalue weighted by atomic mass is 32.2. The summed E-state index contributed by atoms with van der Waals surface area (Å²) in [5.41, 5.74) is 5.21. The Kier molecular flexibility index (Phi) is 2.97. The van der Waals surface area contributed by atoms with Crippen molar-refractivity contribution in [1.29, 1.82) is 0 Å². The van der Waals surface area contributed by atoms with Gasteiger partial charge in [-0.3, -0.25) is 10.1 Å². The van der Waals surface area contributed by atoms with Crippen LogP contribution >= 0.6 is 23.1 Å². The van der Waals surface area contributed by atoms with Gasteiger partial charge in [0.05, 0.1) is 4.92 Å². The van der Waals surface area contributed by atoms with Crippen molar-refractivity contribution in [2.45, 2.75) is 9.37 Å². The first kappa shape index (κ1) is 10.8. The predicted octanol–water partition coefficient (Wildman–Crippen LogP) is 1.57. The van der Waals surface area contributed by atoms with Gasteiger partial charge < -0.3 is 5.73 Å². The van der Waals surface area contributed by atoms with E-state index in [1.165, 1.54) is 11.3 Å². The molecule has 0 aliphatic rings. The molecule has 0 spiro atoms. The largest absolute Gasteiger partial charge is 0.368 e. The molecule has 0 unspecified atom stereocenters. The number of hydrogen-bond donors (Lipinski definition) is 1. The van der Waals surface area contributed by atoms with Crippen LogP contribution in [0.25, 0.3) is 0 Å². The Labute approximate surface area is 97.9 Å². The predicted molar refractivity (Wildman–Crippen MR) is 59.3 cm³/mol. The number of nitrogen functional groups attached to an aromatic ring is 1. The van der Waals surface area contributed by atoms with E-state index in [9.17, 15) is 10.1 Å². The fourth-order valence-corrected chi connectivity index (χ4v) is 2.52. The third-order valence-corrected chi connectivity index (χ3v) is 3.42. The molecule has 0 saturated carbocycles. The number of thiazole rings is 1. The molecule has 0 aliphatic carbocycles. The van der Waals surface area contributed by atoms with E-state index in [0.29, 0.717) is 4.34 Å². The molecule has 16 heavy (non-hydrogen) atoms. The summed E-state index contributed by atoms with van der Waals surface area (Å²) >= 11 is 2.47. The number of nitro groups is 1. The zero-order chi connectivity index (χ0) is 11.5. The Hall–Kier alpha value is -1.74. The van der Waals surface area contributed by atoms with Crippen molar-refractivity contribution in [2.75, 3.05) is 5.73 Å². The number of nitrogens with zero attached hydrogens (tertiary/aromatic N) is 4. The van der Waals surface area contributed by atoms with Crippen molar-refractivity contribution in [2.24, 2.45) is 0 Å². The number of rotatable bonds is 3. The Balaban J connectivity index is 2.38. The summed E-state index contributed by atoms with van der Waals surface area (Å²) in [6.45, 7) is 0. The third-order valence-electron chi connectivity index (χ3n) is 1.54. The van der Waals surface area contributed by atoms with Crippen molar-refractivity contribution < 1.29 is 4.92 Å². The second-order valence-electron chi connectivity index (χ2n) is 2.58. The van der Waals surface area contributed by atoms with Crippen molar-refractivity contribution in [3.8, 4) is 0 Å². The lowest BCUT2D eigenvalue weighted by Crippen LogP contribution is -2.00. The highest BCUT2D eigenvalue weighted by molar-refractivity contribution is 8.01. The maximum Gasteiger partial charge on any atom is 0.320 e. The average Bonchev–Trinajstić information content (AvgIpc) is 2.70. The Bertz CT molecular complexity index is 516. The molecular formula is C7H5N5O2S2. The van der Waals surface area contributed by atoms with Crippen molar-refractivity contribution >= 4 is 34.7 Å². The molecule has 2 rings (SSSR count). The first-order valence-corrected chi connectivity index (χ1v) is 5.70. The summed E-state index contributed by atoms with van der Waals surface area (Å²) in [6.07, 6.45) is 2.71. The molecule has 0 bridgehead atoms. The van der Waals surface area contributed by atoms with Crippen LogP contribution in [0.5, 0.6) is 0 Å². The van der Waals surface area contributed by atoms with Gasteiger partial charge in [-0.1, -0.05) is 0 Å². The molecule has 0 fully saturated rings. The zero-order valence-electron chi connectivity index (χ0n) is 7.73. The number of anilines is 1. The average molecular weight is 255 g/mol. The number of nitrogens with two attached hydrogens (primary N) is 1. The standard InChI is InChI=1S/C7H5N5O2S2/c8-6-10-3-4(12(13)14)5(11-6)16-7-9-1-2-15-7/h1-3H,(H2,8,10,11). The van der Waals surface area contributed by atoms with E-state index in [1.807, 2.05) is 0 Å². The SMILES string of the molecule is Nc1ncc([N+](=O)[O-])c(Sc2nccs2)n1. The van der Waals surface area contributed by atoms with Gasteiger partial charge in [0.25, 0.3) is 0 Å². The van der Waals surface area contributed by atoms with Gasteiger partial charge in [0.15, 0.2) is 9.37 Å². The highest BCUT2D eigenvalue weighted by Crippen LogP contribution is 2.33. The molecule has 0 aromatic carbocycles.